The molecule has 5 heteroatoms. The summed E-state index contributed by atoms with van der Waals surface area (Å²) in [6.07, 6.45) is 4.83. The van der Waals surface area contributed by atoms with Gasteiger partial charge in [-0.15, -0.1) is 12.4 Å². The zero-order chi connectivity index (χ0) is 17.5. The molecular weight excluding hydrogens is 346 g/mol. The van der Waals surface area contributed by atoms with Gasteiger partial charge in [0, 0.05) is 19.6 Å². The molecule has 148 valence electrons. The molecule has 2 aliphatic heterocycles. The van der Waals surface area contributed by atoms with Gasteiger partial charge in [0.1, 0.15) is 0 Å². The fraction of sp³-hybridized carbons (Fsp3) is 0.714. The lowest BCUT2D eigenvalue weighted by molar-refractivity contribution is 0.0812. The lowest BCUT2D eigenvalue weighted by Crippen LogP contribution is -2.41. The molecule has 2 saturated heterocycles. The maximum atomic E-state index is 10.4. The molecule has 0 saturated carbocycles. The third kappa shape index (κ3) is 6.82. The number of β-amino-alcohol motifs (C(OH)–C–C–N with tert-alkyl or cyclic N) is 1. The number of halogens is 1. The van der Waals surface area contributed by atoms with Crippen LogP contribution in [0.1, 0.15) is 37.4 Å². The van der Waals surface area contributed by atoms with Crippen LogP contribution in [0.5, 0.6) is 0 Å². The van der Waals surface area contributed by atoms with E-state index in [1.807, 2.05) is 30.3 Å². The molecule has 2 aliphatic rings. The summed E-state index contributed by atoms with van der Waals surface area (Å²) < 4.78 is 0. The summed E-state index contributed by atoms with van der Waals surface area (Å²) in [6.45, 7) is 7.89. The van der Waals surface area contributed by atoms with Crippen LogP contribution >= 0.6 is 12.4 Å². The molecule has 0 spiro atoms. The summed E-state index contributed by atoms with van der Waals surface area (Å²) in [5, 5.41) is 13.9. The first-order valence-corrected chi connectivity index (χ1v) is 10.1. The van der Waals surface area contributed by atoms with Crippen molar-refractivity contribution in [2.24, 2.45) is 11.8 Å². The molecule has 26 heavy (non-hydrogen) atoms. The predicted octanol–water partition coefficient (Wildman–Crippen LogP) is 2.79. The van der Waals surface area contributed by atoms with Crippen LogP contribution in [-0.4, -0.2) is 67.8 Å². The minimum atomic E-state index is -0.361. The fourth-order valence-corrected chi connectivity index (χ4v) is 4.40. The van der Waals surface area contributed by atoms with Crippen LogP contribution in [0, 0.1) is 11.8 Å². The van der Waals surface area contributed by atoms with E-state index in [1.54, 1.807) is 0 Å². The molecule has 2 N–H and O–H groups in total. The van der Waals surface area contributed by atoms with Gasteiger partial charge < -0.3 is 20.2 Å². The molecule has 2 heterocycles. The van der Waals surface area contributed by atoms with Gasteiger partial charge in [-0.25, -0.2) is 0 Å². The van der Waals surface area contributed by atoms with Gasteiger partial charge in [-0.05, 0) is 76.3 Å². The van der Waals surface area contributed by atoms with E-state index in [-0.39, 0.29) is 18.5 Å². The van der Waals surface area contributed by atoms with Gasteiger partial charge in [-0.3, -0.25) is 0 Å². The molecule has 0 aliphatic carbocycles. The number of aliphatic hydroxyl groups excluding tert-OH is 1. The smallest absolute Gasteiger partial charge is 0.0916 e. The number of benzene rings is 1. The van der Waals surface area contributed by atoms with Crippen LogP contribution in [-0.2, 0) is 0 Å². The first-order valence-electron chi connectivity index (χ1n) is 10.1. The van der Waals surface area contributed by atoms with Crippen molar-refractivity contribution in [3.05, 3.63) is 35.9 Å². The van der Waals surface area contributed by atoms with Crippen LogP contribution in [0.25, 0.3) is 0 Å². The Morgan fingerprint density at radius 1 is 1.04 bits per heavy atom. The lowest BCUT2D eigenvalue weighted by atomic mass is 9.94. The van der Waals surface area contributed by atoms with E-state index in [0.29, 0.717) is 0 Å². The number of hydrogen-bond acceptors (Lipinski definition) is 4. The van der Waals surface area contributed by atoms with Crippen molar-refractivity contribution in [3.8, 4) is 0 Å². The molecule has 1 atom stereocenters. The molecule has 2 fully saturated rings. The van der Waals surface area contributed by atoms with Crippen molar-refractivity contribution in [2.45, 2.75) is 31.8 Å². The largest absolute Gasteiger partial charge is 0.387 e. The Morgan fingerprint density at radius 2 is 1.62 bits per heavy atom. The van der Waals surface area contributed by atoms with Gasteiger partial charge in [0.25, 0.3) is 0 Å². The quantitative estimate of drug-likeness (QED) is 0.761. The van der Waals surface area contributed by atoms with E-state index in [4.69, 9.17) is 0 Å². The van der Waals surface area contributed by atoms with Crippen molar-refractivity contribution in [2.75, 3.05) is 52.9 Å². The topological polar surface area (TPSA) is 38.7 Å². The van der Waals surface area contributed by atoms with Gasteiger partial charge in [0.05, 0.1) is 6.10 Å². The molecule has 0 aromatic heterocycles. The van der Waals surface area contributed by atoms with Crippen molar-refractivity contribution >= 4 is 12.4 Å². The lowest BCUT2D eigenvalue weighted by Gasteiger charge is -2.36. The summed E-state index contributed by atoms with van der Waals surface area (Å²) in [4.78, 5) is 5.00. The molecular formula is C21H36ClN3O. The van der Waals surface area contributed by atoms with Crippen LogP contribution in [0.4, 0.5) is 0 Å². The van der Waals surface area contributed by atoms with E-state index in [2.05, 4.69) is 22.2 Å². The first-order chi connectivity index (χ1) is 12.2. The van der Waals surface area contributed by atoms with E-state index in [1.165, 1.54) is 51.9 Å². The van der Waals surface area contributed by atoms with E-state index in [9.17, 15) is 5.11 Å². The summed E-state index contributed by atoms with van der Waals surface area (Å²) >= 11 is 0. The van der Waals surface area contributed by atoms with E-state index in [0.717, 1.165) is 37.0 Å². The Morgan fingerprint density at radius 3 is 2.23 bits per heavy atom. The Balaban J connectivity index is 0.00000243. The van der Waals surface area contributed by atoms with Gasteiger partial charge in [-0.2, -0.15) is 0 Å². The Labute approximate surface area is 165 Å². The molecule has 1 aromatic carbocycles. The second-order valence-corrected chi connectivity index (χ2v) is 8.09. The summed E-state index contributed by atoms with van der Waals surface area (Å²) in [5.74, 6) is 1.70. The van der Waals surface area contributed by atoms with Gasteiger partial charge in [0.2, 0.25) is 0 Å². The number of likely N-dealkylation sites (tertiary alicyclic amines) is 1. The third-order valence-corrected chi connectivity index (χ3v) is 5.92. The Bertz CT molecular complexity index is 487. The van der Waals surface area contributed by atoms with E-state index < -0.39 is 0 Å². The average Bonchev–Trinajstić information content (AvgIpc) is 2.65. The van der Waals surface area contributed by atoms with Crippen molar-refractivity contribution in [1.29, 1.82) is 0 Å². The van der Waals surface area contributed by atoms with Crippen LogP contribution in [0.3, 0.4) is 0 Å². The highest BCUT2D eigenvalue weighted by molar-refractivity contribution is 5.85. The number of rotatable bonds is 7. The number of piperidine rings is 2. The number of nitrogens with one attached hydrogen (secondary N) is 1. The molecule has 0 radical (unpaired) electrons. The van der Waals surface area contributed by atoms with Gasteiger partial charge >= 0.3 is 0 Å². The molecule has 0 amide bonds. The monoisotopic (exact) mass is 381 g/mol. The van der Waals surface area contributed by atoms with Crippen molar-refractivity contribution in [1.82, 2.24) is 15.1 Å². The van der Waals surface area contributed by atoms with Gasteiger partial charge in [-0.1, -0.05) is 30.3 Å². The maximum Gasteiger partial charge on any atom is 0.0916 e. The highest BCUT2D eigenvalue weighted by Crippen LogP contribution is 2.22. The second kappa shape index (κ2) is 11.3. The highest BCUT2D eigenvalue weighted by atomic mass is 35.5. The van der Waals surface area contributed by atoms with Crippen LogP contribution in [0.2, 0.25) is 0 Å². The standard InChI is InChI=1S/C21H35N3O.ClH/c1-23(15-18-7-11-22-12-8-18)16-19-9-13-24(14-10-19)17-21(25)20-5-3-2-4-6-20;/h2-6,18-19,21-22,25H,7-17H2,1H3;1H. The van der Waals surface area contributed by atoms with Crippen molar-refractivity contribution in [3.63, 3.8) is 0 Å². The first kappa shape index (κ1) is 21.6. The molecule has 1 aromatic rings. The maximum absolute atomic E-state index is 10.4. The van der Waals surface area contributed by atoms with E-state index >= 15 is 0 Å². The SMILES string of the molecule is CN(CC1CCNCC1)CC1CCN(CC(O)c2ccccc2)CC1.Cl. The third-order valence-electron chi connectivity index (χ3n) is 5.92. The minimum Gasteiger partial charge on any atom is -0.387 e. The molecule has 4 nitrogen and oxygen atoms in total. The zero-order valence-electron chi connectivity index (χ0n) is 16.1. The average molecular weight is 382 g/mol. The highest BCUT2D eigenvalue weighted by Gasteiger charge is 2.23. The second-order valence-electron chi connectivity index (χ2n) is 8.09. The zero-order valence-corrected chi connectivity index (χ0v) is 17.0. The van der Waals surface area contributed by atoms with Crippen LogP contribution in [0.15, 0.2) is 30.3 Å². The Kier molecular flexibility index (Phi) is 9.37. The number of nitrogens with zero attached hydrogens (tertiary/aromatic N) is 2. The predicted molar refractivity (Wildman–Crippen MR) is 111 cm³/mol. The number of aliphatic hydroxyl groups is 1. The summed E-state index contributed by atoms with van der Waals surface area (Å²) in [7, 11) is 2.30. The van der Waals surface area contributed by atoms with Gasteiger partial charge in [0.15, 0.2) is 0 Å². The Hall–Kier alpha value is -0.650. The fourth-order valence-electron chi connectivity index (χ4n) is 4.40. The number of hydrogen-bond donors (Lipinski definition) is 2. The molecule has 1 unspecified atom stereocenters. The summed E-state index contributed by atoms with van der Waals surface area (Å²) in [6, 6.07) is 10.0. The van der Waals surface area contributed by atoms with Crippen molar-refractivity contribution < 1.29 is 5.11 Å². The minimum absolute atomic E-state index is 0. The van der Waals surface area contributed by atoms with Crippen LogP contribution < -0.4 is 5.32 Å². The summed E-state index contributed by atoms with van der Waals surface area (Å²) in [5.41, 5.74) is 1.03. The molecule has 3 rings (SSSR count). The normalized spacial score (nSPS) is 21.5. The molecule has 0 bridgehead atoms.